The summed E-state index contributed by atoms with van der Waals surface area (Å²) in [7, 11) is 6.20. The summed E-state index contributed by atoms with van der Waals surface area (Å²) in [6, 6.07) is 14.9. The normalized spacial score (nSPS) is 13.9. The summed E-state index contributed by atoms with van der Waals surface area (Å²) in [6.07, 6.45) is 1.67. The highest BCUT2D eigenvalue weighted by Crippen LogP contribution is 2.27. The SMILES string of the molecule is C[N+](C)(C)CC#CC(O)(c1ccccc1)c1ccccn1. The Morgan fingerprint density at radius 3 is 2.29 bits per heavy atom. The number of benzene rings is 1. The van der Waals surface area contributed by atoms with Gasteiger partial charge in [0.2, 0.25) is 0 Å². The molecule has 3 nitrogen and oxygen atoms in total. The second-order valence-electron chi connectivity index (χ2n) is 6.04. The summed E-state index contributed by atoms with van der Waals surface area (Å²) >= 11 is 0. The van der Waals surface area contributed by atoms with Gasteiger partial charge in [-0.2, -0.15) is 0 Å². The number of nitrogens with zero attached hydrogens (tertiary/aromatic N) is 2. The Labute approximate surface area is 126 Å². The van der Waals surface area contributed by atoms with Crippen molar-refractivity contribution in [3.63, 3.8) is 0 Å². The van der Waals surface area contributed by atoms with E-state index in [0.29, 0.717) is 12.2 Å². The third-order valence-electron chi connectivity index (χ3n) is 3.05. The molecular weight excluding hydrogens is 260 g/mol. The summed E-state index contributed by atoms with van der Waals surface area (Å²) in [5, 5.41) is 11.1. The molecule has 0 fully saturated rings. The molecule has 0 spiro atoms. The molecule has 0 radical (unpaired) electrons. The highest BCUT2D eigenvalue weighted by Gasteiger charge is 2.30. The Kier molecular flexibility index (Phi) is 4.42. The molecule has 1 atom stereocenters. The molecule has 1 heterocycles. The standard InChI is InChI=1S/C18H21N2O/c1-20(2,3)15-9-13-18(21,16-10-5-4-6-11-16)17-12-7-8-14-19-17/h4-8,10-12,14,21H,15H2,1-3H3/q+1. The van der Waals surface area contributed by atoms with Crippen LogP contribution in [-0.2, 0) is 5.60 Å². The molecule has 0 amide bonds. The second kappa shape index (κ2) is 6.09. The number of hydrogen-bond donors (Lipinski definition) is 1. The van der Waals surface area contributed by atoms with Crippen LogP contribution in [0.3, 0.4) is 0 Å². The predicted molar refractivity (Wildman–Crippen MR) is 84.4 cm³/mol. The van der Waals surface area contributed by atoms with E-state index in [0.717, 1.165) is 10.0 Å². The van der Waals surface area contributed by atoms with E-state index in [-0.39, 0.29) is 0 Å². The van der Waals surface area contributed by atoms with Crippen molar-refractivity contribution in [1.29, 1.82) is 0 Å². The van der Waals surface area contributed by atoms with Gasteiger partial charge in [-0.3, -0.25) is 4.98 Å². The molecule has 0 aliphatic heterocycles. The maximum atomic E-state index is 11.1. The van der Waals surface area contributed by atoms with Crippen LogP contribution in [-0.4, -0.2) is 42.3 Å². The van der Waals surface area contributed by atoms with E-state index >= 15 is 0 Å². The molecule has 2 aromatic rings. The minimum atomic E-state index is -1.38. The van der Waals surface area contributed by atoms with Gasteiger partial charge in [0.05, 0.1) is 26.8 Å². The van der Waals surface area contributed by atoms with E-state index in [1.807, 2.05) is 42.5 Å². The highest BCUT2D eigenvalue weighted by atomic mass is 16.3. The van der Waals surface area contributed by atoms with Gasteiger partial charge in [-0.05, 0) is 18.1 Å². The molecular formula is C18H21N2O+. The van der Waals surface area contributed by atoms with Gasteiger partial charge in [-0.1, -0.05) is 42.3 Å². The van der Waals surface area contributed by atoms with Crippen molar-refractivity contribution in [2.45, 2.75) is 5.60 Å². The average molecular weight is 281 g/mol. The molecule has 0 aliphatic carbocycles. The molecule has 21 heavy (non-hydrogen) atoms. The van der Waals surface area contributed by atoms with Gasteiger partial charge < -0.3 is 9.59 Å². The van der Waals surface area contributed by atoms with Gasteiger partial charge >= 0.3 is 0 Å². The summed E-state index contributed by atoms with van der Waals surface area (Å²) in [5.41, 5.74) is -0.0970. The third-order valence-corrected chi connectivity index (χ3v) is 3.05. The lowest BCUT2D eigenvalue weighted by Crippen LogP contribution is -2.35. The van der Waals surface area contributed by atoms with Crippen LogP contribution in [0.2, 0.25) is 0 Å². The van der Waals surface area contributed by atoms with Gasteiger partial charge in [-0.15, -0.1) is 0 Å². The van der Waals surface area contributed by atoms with Crippen molar-refractivity contribution in [3.8, 4) is 11.8 Å². The van der Waals surface area contributed by atoms with Crippen LogP contribution in [0.4, 0.5) is 0 Å². The number of pyridine rings is 1. The zero-order valence-electron chi connectivity index (χ0n) is 12.7. The summed E-state index contributed by atoms with van der Waals surface area (Å²) < 4.78 is 0.722. The monoisotopic (exact) mass is 281 g/mol. The quantitative estimate of drug-likeness (QED) is 0.690. The van der Waals surface area contributed by atoms with Gasteiger partial charge in [0.1, 0.15) is 6.54 Å². The molecule has 2 rings (SSSR count). The minimum Gasteiger partial charge on any atom is -0.368 e. The first kappa shape index (κ1) is 15.2. The minimum absolute atomic E-state index is 0.546. The van der Waals surface area contributed by atoms with Crippen LogP contribution in [0.1, 0.15) is 11.3 Å². The lowest BCUT2D eigenvalue weighted by Gasteiger charge is -2.23. The zero-order valence-corrected chi connectivity index (χ0v) is 12.7. The van der Waals surface area contributed by atoms with E-state index in [2.05, 4.69) is 38.0 Å². The fraction of sp³-hybridized carbons (Fsp3) is 0.278. The average Bonchev–Trinajstić information content (AvgIpc) is 2.47. The van der Waals surface area contributed by atoms with E-state index in [1.165, 1.54) is 0 Å². The largest absolute Gasteiger partial charge is 0.368 e. The van der Waals surface area contributed by atoms with Crippen molar-refractivity contribution in [2.75, 3.05) is 27.7 Å². The first-order valence-corrected chi connectivity index (χ1v) is 6.92. The third kappa shape index (κ3) is 3.91. The Morgan fingerprint density at radius 1 is 1.05 bits per heavy atom. The van der Waals surface area contributed by atoms with Crippen LogP contribution >= 0.6 is 0 Å². The van der Waals surface area contributed by atoms with Gasteiger partial charge in [0, 0.05) is 11.8 Å². The Hall–Kier alpha value is -2.15. The summed E-state index contributed by atoms with van der Waals surface area (Å²) in [6.45, 7) is 0.655. The molecule has 0 saturated heterocycles. The topological polar surface area (TPSA) is 33.1 Å². The van der Waals surface area contributed by atoms with Gasteiger partial charge in [0.15, 0.2) is 5.60 Å². The fourth-order valence-corrected chi connectivity index (χ4v) is 1.94. The molecule has 0 bridgehead atoms. The molecule has 0 saturated carbocycles. The first-order chi connectivity index (χ1) is 9.92. The van der Waals surface area contributed by atoms with Crippen molar-refractivity contribution in [2.24, 2.45) is 0 Å². The van der Waals surface area contributed by atoms with E-state index in [4.69, 9.17) is 0 Å². The number of hydrogen-bond acceptors (Lipinski definition) is 2. The summed E-state index contributed by atoms with van der Waals surface area (Å²) in [4.78, 5) is 4.28. The Bertz CT molecular complexity index is 594. The molecule has 0 aliphatic rings. The second-order valence-corrected chi connectivity index (χ2v) is 6.04. The Morgan fingerprint density at radius 2 is 1.71 bits per heavy atom. The predicted octanol–water partition coefficient (Wildman–Crippen LogP) is 2.03. The zero-order chi connectivity index (χ0) is 15.3. The maximum Gasteiger partial charge on any atom is 0.194 e. The van der Waals surface area contributed by atoms with E-state index in [9.17, 15) is 5.11 Å². The highest BCUT2D eigenvalue weighted by molar-refractivity contribution is 5.41. The Balaban J connectivity index is 2.45. The number of aliphatic hydroxyl groups is 1. The molecule has 3 heteroatoms. The van der Waals surface area contributed by atoms with Crippen LogP contribution in [0, 0.1) is 11.8 Å². The number of rotatable bonds is 3. The van der Waals surface area contributed by atoms with Gasteiger partial charge in [0.25, 0.3) is 0 Å². The smallest absolute Gasteiger partial charge is 0.194 e. The van der Waals surface area contributed by atoms with Crippen molar-refractivity contribution < 1.29 is 9.59 Å². The first-order valence-electron chi connectivity index (χ1n) is 6.92. The van der Waals surface area contributed by atoms with Crippen molar-refractivity contribution >= 4 is 0 Å². The molecule has 1 aromatic heterocycles. The lowest BCUT2D eigenvalue weighted by molar-refractivity contribution is -0.862. The van der Waals surface area contributed by atoms with Crippen molar-refractivity contribution in [3.05, 3.63) is 66.0 Å². The van der Waals surface area contributed by atoms with Gasteiger partial charge in [-0.25, -0.2) is 0 Å². The number of quaternary nitrogens is 1. The van der Waals surface area contributed by atoms with Crippen LogP contribution in [0.25, 0.3) is 0 Å². The van der Waals surface area contributed by atoms with Crippen LogP contribution in [0.15, 0.2) is 54.7 Å². The van der Waals surface area contributed by atoms with E-state index in [1.54, 1.807) is 12.3 Å². The van der Waals surface area contributed by atoms with Crippen LogP contribution in [0.5, 0.6) is 0 Å². The number of aromatic nitrogens is 1. The van der Waals surface area contributed by atoms with Crippen molar-refractivity contribution in [1.82, 2.24) is 4.98 Å². The maximum absolute atomic E-state index is 11.1. The van der Waals surface area contributed by atoms with E-state index < -0.39 is 5.60 Å². The molecule has 1 aromatic carbocycles. The lowest BCUT2D eigenvalue weighted by atomic mass is 9.90. The van der Waals surface area contributed by atoms with Crippen LogP contribution < -0.4 is 0 Å². The summed E-state index contributed by atoms with van der Waals surface area (Å²) in [5.74, 6) is 6.11. The fourth-order valence-electron chi connectivity index (χ4n) is 1.94. The molecule has 1 N–H and O–H groups in total. The molecule has 108 valence electrons. The molecule has 1 unspecified atom stereocenters.